The van der Waals surface area contributed by atoms with Crippen LogP contribution in [0.4, 0.5) is 0 Å². The van der Waals surface area contributed by atoms with Crippen molar-refractivity contribution >= 4 is 5.91 Å². The van der Waals surface area contributed by atoms with Crippen LogP contribution in [0.25, 0.3) is 0 Å². The molecule has 0 aliphatic carbocycles. The summed E-state index contributed by atoms with van der Waals surface area (Å²) in [6, 6.07) is -0.182. The molecule has 1 aliphatic heterocycles. The van der Waals surface area contributed by atoms with E-state index in [0.717, 1.165) is 51.6 Å². The van der Waals surface area contributed by atoms with Crippen molar-refractivity contribution in [1.82, 2.24) is 15.1 Å². The predicted octanol–water partition coefficient (Wildman–Crippen LogP) is 0.114. The van der Waals surface area contributed by atoms with Crippen molar-refractivity contribution in [2.45, 2.75) is 33.2 Å². The van der Waals surface area contributed by atoms with Crippen LogP contribution in [0.15, 0.2) is 0 Å². The number of hydrogen-bond donors (Lipinski definition) is 2. The zero-order valence-electron chi connectivity index (χ0n) is 12.7. The van der Waals surface area contributed by atoms with Gasteiger partial charge in [0.05, 0.1) is 6.04 Å². The van der Waals surface area contributed by atoms with Crippen molar-refractivity contribution in [3.05, 3.63) is 0 Å². The number of amides is 1. The van der Waals surface area contributed by atoms with E-state index in [-0.39, 0.29) is 11.9 Å². The fraction of sp³-hybridized carbons (Fsp3) is 0.929. The van der Waals surface area contributed by atoms with E-state index < -0.39 is 0 Å². The maximum atomic E-state index is 11.3. The molecule has 1 amide bonds. The lowest BCUT2D eigenvalue weighted by Crippen LogP contribution is -2.49. The van der Waals surface area contributed by atoms with Crippen molar-refractivity contribution in [3.8, 4) is 0 Å². The summed E-state index contributed by atoms with van der Waals surface area (Å²) in [7, 11) is 0. The Bertz CT molecular complexity index is 262. The molecule has 1 saturated heterocycles. The van der Waals surface area contributed by atoms with Crippen LogP contribution < -0.4 is 11.1 Å². The maximum absolute atomic E-state index is 11.3. The first kappa shape index (κ1) is 16.4. The molecule has 0 aromatic heterocycles. The highest BCUT2D eigenvalue weighted by molar-refractivity contribution is 5.79. The molecule has 1 atom stereocenters. The van der Waals surface area contributed by atoms with Gasteiger partial charge in [0.25, 0.3) is 0 Å². The van der Waals surface area contributed by atoms with Gasteiger partial charge >= 0.3 is 0 Å². The first-order valence-electron chi connectivity index (χ1n) is 7.50. The maximum Gasteiger partial charge on any atom is 0.234 e. The number of nitrogens with one attached hydrogen (secondary N) is 1. The van der Waals surface area contributed by atoms with Crippen LogP contribution in [0.3, 0.4) is 0 Å². The Morgan fingerprint density at radius 3 is 2.26 bits per heavy atom. The SMILES string of the molecule is CCNC(CCN1CCN(CC(C)C)CC1)C(N)=O. The molecule has 1 heterocycles. The van der Waals surface area contributed by atoms with Gasteiger partial charge in [0.1, 0.15) is 0 Å². The number of carbonyl (C=O) groups excluding carboxylic acids is 1. The van der Waals surface area contributed by atoms with E-state index in [4.69, 9.17) is 5.73 Å². The lowest BCUT2D eigenvalue weighted by Gasteiger charge is -2.36. The molecule has 1 aliphatic rings. The average Bonchev–Trinajstić information content (AvgIpc) is 2.35. The zero-order valence-corrected chi connectivity index (χ0v) is 12.7. The molecule has 0 saturated carbocycles. The van der Waals surface area contributed by atoms with Crippen molar-refractivity contribution in [1.29, 1.82) is 0 Å². The molecule has 0 radical (unpaired) electrons. The quantitative estimate of drug-likeness (QED) is 0.657. The molecule has 19 heavy (non-hydrogen) atoms. The van der Waals surface area contributed by atoms with Gasteiger partial charge in [-0.25, -0.2) is 0 Å². The van der Waals surface area contributed by atoms with Gasteiger partial charge in [-0.1, -0.05) is 20.8 Å². The second-order valence-corrected chi connectivity index (χ2v) is 5.84. The Morgan fingerprint density at radius 1 is 1.21 bits per heavy atom. The number of likely N-dealkylation sites (N-methyl/N-ethyl adjacent to an activating group) is 1. The second kappa shape index (κ2) is 8.51. The van der Waals surface area contributed by atoms with E-state index in [0.29, 0.717) is 0 Å². The monoisotopic (exact) mass is 270 g/mol. The molecule has 1 rings (SSSR count). The van der Waals surface area contributed by atoms with Crippen molar-refractivity contribution in [2.75, 3.05) is 45.8 Å². The molecule has 5 heteroatoms. The second-order valence-electron chi connectivity index (χ2n) is 5.84. The Hall–Kier alpha value is -0.650. The minimum Gasteiger partial charge on any atom is -0.368 e. The van der Waals surface area contributed by atoms with Crippen molar-refractivity contribution < 1.29 is 4.79 Å². The summed E-state index contributed by atoms with van der Waals surface area (Å²) in [4.78, 5) is 16.2. The highest BCUT2D eigenvalue weighted by atomic mass is 16.1. The lowest BCUT2D eigenvalue weighted by molar-refractivity contribution is -0.120. The van der Waals surface area contributed by atoms with E-state index >= 15 is 0 Å². The van der Waals surface area contributed by atoms with Gasteiger partial charge in [-0.2, -0.15) is 0 Å². The summed E-state index contributed by atoms with van der Waals surface area (Å²) in [5, 5.41) is 3.14. The van der Waals surface area contributed by atoms with E-state index in [1.165, 1.54) is 6.54 Å². The van der Waals surface area contributed by atoms with E-state index in [1.54, 1.807) is 0 Å². The third-order valence-corrected chi connectivity index (χ3v) is 3.62. The highest BCUT2D eigenvalue weighted by Crippen LogP contribution is 2.06. The summed E-state index contributed by atoms with van der Waals surface area (Å²) in [6.45, 7) is 13.9. The van der Waals surface area contributed by atoms with E-state index in [9.17, 15) is 4.79 Å². The van der Waals surface area contributed by atoms with Crippen LogP contribution >= 0.6 is 0 Å². The molecular weight excluding hydrogens is 240 g/mol. The summed E-state index contributed by atoms with van der Waals surface area (Å²) < 4.78 is 0. The molecule has 112 valence electrons. The minimum atomic E-state index is -0.236. The van der Waals surface area contributed by atoms with Crippen molar-refractivity contribution in [3.63, 3.8) is 0 Å². The summed E-state index contributed by atoms with van der Waals surface area (Å²) >= 11 is 0. The van der Waals surface area contributed by atoms with Gasteiger partial charge in [-0.05, 0) is 18.9 Å². The molecule has 1 fully saturated rings. The fourth-order valence-electron chi connectivity index (χ4n) is 2.61. The number of piperazine rings is 1. The van der Waals surface area contributed by atoms with Gasteiger partial charge in [0, 0.05) is 39.3 Å². The Kier molecular flexibility index (Phi) is 7.34. The van der Waals surface area contributed by atoms with Gasteiger partial charge < -0.3 is 20.9 Å². The first-order chi connectivity index (χ1) is 9.02. The molecular formula is C14H30N4O. The highest BCUT2D eigenvalue weighted by Gasteiger charge is 2.20. The predicted molar refractivity (Wildman–Crippen MR) is 79.0 cm³/mol. The van der Waals surface area contributed by atoms with E-state index in [1.807, 2.05) is 6.92 Å². The van der Waals surface area contributed by atoms with Gasteiger partial charge in [0.15, 0.2) is 0 Å². The zero-order chi connectivity index (χ0) is 14.3. The van der Waals surface area contributed by atoms with Gasteiger partial charge in [-0.3, -0.25) is 4.79 Å². The van der Waals surface area contributed by atoms with Gasteiger partial charge in [-0.15, -0.1) is 0 Å². The number of nitrogens with two attached hydrogens (primary N) is 1. The number of primary amides is 1. The smallest absolute Gasteiger partial charge is 0.234 e. The van der Waals surface area contributed by atoms with E-state index in [2.05, 4.69) is 29.0 Å². The number of nitrogens with zero attached hydrogens (tertiary/aromatic N) is 2. The third-order valence-electron chi connectivity index (χ3n) is 3.62. The minimum absolute atomic E-state index is 0.182. The van der Waals surface area contributed by atoms with Crippen LogP contribution in [0.2, 0.25) is 0 Å². The normalized spacial score (nSPS) is 19.8. The van der Waals surface area contributed by atoms with Crippen LogP contribution in [0, 0.1) is 5.92 Å². The summed E-state index contributed by atoms with van der Waals surface area (Å²) in [6.07, 6.45) is 0.813. The number of rotatable bonds is 8. The van der Waals surface area contributed by atoms with Crippen LogP contribution in [0.1, 0.15) is 27.2 Å². The summed E-state index contributed by atoms with van der Waals surface area (Å²) in [5.74, 6) is 0.500. The first-order valence-corrected chi connectivity index (χ1v) is 7.50. The molecule has 0 aromatic carbocycles. The molecule has 0 spiro atoms. The number of carbonyl (C=O) groups is 1. The molecule has 3 N–H and O–H groups in total. The number of hydrogen-bond acceptors (Lipinski definition) is 4. The third kappa shape index (κ3) is 6.36. The van der Waals surface area contributed by atoms with Crippen molar-refractivity contribution in [2.24, 2.45) is 11.7 Å². The molecule has 1 unspecified atom stereocenters. The van der Waals surface area contributed by atoms with Gasteiger partial charge in [0.2, 0.25) is 5.91 Å². The van der Waals surface area contributed by atoms with Crippen LogP contribution in [-0.2, 0) is 4.79 Å². The average molecular weight is 270 g/mol. The van der Waals surface area contributed by atoms with Crippen LogP contribution in [-0.4, -0.2) is 67.6 Å². The largest absolute Gasteiger partial charge is 0.368 e. The standard InChI is InChI=1S/C14H30N4O/c1-4-16-13(14(15)19)5-6-17-7-9-18(10-8-17)11-12(2)3/h12-13,16H,4-11H2,1-3H3,(H2,15,19). The van der Waals surface area contributed by atoms with Crippen LogP contribution in [0.5, 0.6) is 0 Å². The Morgan fingerprint density at radius 2 is 1.79 bits per heavy atom. The fourth-order valence-corrected chi connectivity index (χ4v) is 2.61. The topological polar surface area (TPSA) is 61.6 Å². The Labute approximate surface area is 117 Å². The molecule has 0 aromatic rings. The summed E-state index contributed by atoms with van der Waals surface area (Å²) in [5.41, 5.74) is 5.39. The molecule has 5 nitrogen and oxygen atoms in total. The Balaban J connectivity index is 2.23. The lowest BCUT2D eigenvalue weighted by atomic mass is 10.1. The molecule has 0 bridgehead atoms.